The smallest absolute Gasteiger partial charge is 0.226 e. The van der Waals surface area contributed by atoms with Crippen molar-refractivity contribution >= 4 is 22.2 Å². The van der Waals surface area contributed by atoms with Crippen LogP contribution in [0.15, 0.2) is 0 Å². The summed E-state index contributed by atoms with van der Waals surface area (Å²) in [6.45, 7) is 5.61. The average molecular weight is 213 g/mol. The van der Waals surface area contributed by atoms with Crippen LogP contribution in [0, 0.1) is 13.8 Å². The van der Waals surface area contributed by atoms with Gasteiger partial charge in [0, 0.05) is 12.5 Å². The van der Waals surface area contributed by atoms with Crippen molar-refractivity contribution in [3.05, 3.63) is 10.7 Å². The molecule has 1 aromatic heterocycles. The number of nitrogens with one attached hydrogen (secondary N) is 1. The van der Waals surface area contributed by atoms with Gasteiger partial charge in [-0.2, -0.15) is 0 Å². The zero-order valence-corrected chi connectivity index (χ0v) is 9.44. The normalized spacial score (nSPS) is 12.6. The summed E-state index contributed by atoms with van der Waals surface area (Å²) in [6, 6.07) is -0.107. The van der Waals surface area contributed by atoms with Gasteiger partial charge in [0.05, 0.1) is 10.7 Å². The first-order chi connectivity index (χ1) is 6.49. The monoisotopic (exact) mass is 213 g/mol. The van der Waals surface area contributed by atoms with E-state index in [9.17, 15) is 4.79 Å². The van der Waals surface area contributed by atoms with Gasteiger partial charge in [0.2, 0.25) is 5.91 Å². The number of rotatable bonds is 3. The van der Waals surface area contributed by atoms with Crippen LogP contribution in [0.2, 0.25) is 0 Å². The molecule has 0 saturated carbocycles. The molecule has 14 heavy (non-hydrogen) atoms. The largest absolute Gasteiger partial charge is 0.327 e. The summed E-state index contributed by atoms with van der Waals surface area (Å²) in [7, 11) is 0. The van der Waals surface area contributed by atoms with E-state index in [-0.39, 0.29) is 11.9 Å². The van der Waals surface area contributed by atoms with Crippen LogP contribution in [-0.4, -0.2) is 16.9 Å². The Morgan fingerprint density at radius 2 is 2.29 bits per heavy atom. The highest BCUT2D eigenvalue weighted by Gasteiger charge is 2.09. The SMILES string of the molecule is Cc1nc(C)c(NC(=O)CC(C)N)s1. The van der Waals surface area contributed by atoms with Gasteiger partial charge in [0.25, 0.3) is 0 Å². The summed E-state index contributed by atoms with van der Waals surface area (Å²) >= 11 is 1.49. The Morgan fingerprint density at radius 3 is 2.71 bits per heavy atom. The average Bonchev–Trinajstić information content (AvgIpc) is 2.28. The molecule has 1 rings (SSSR count). The van der Waals surface area contributed by atoms with Gasteiger partial charge >= 0.3 is 0 Å². The Bertz CT molecular complexity index is 333. The molecule has 0 aliphatic carbocycles. The lowest BCUT2D eigenvalue weighted by Crippen LogP contribution is -2.23. The molecule has 1 amide bonds. The fourth-order valence-electron chi connectivity index (χ4n) is 1.12. The van der Waals surface area contributed by atoms with Gasteiger partial charge in [-0.1, -0.05) is 0 Å². The lowest BCUT2D eigenvalue weighted by Gasteiger charge is -2.05. The van der Waals surface area contributed by atoms with E-state index in [4.69, 9.17) is 5.73 Å². The van der Waals surface area contributed by atoms with E-state index in [1.165, 1.54) is 11.3 Å². The van der Waals surface area contributed by atoms with Gasteiger partial charge in [0.15, 0.2) is 0 Å². The standard InChI is InChI=1S/C9H15N3OS/c1-5(10)4-8(13)12-9-6(2)11-7(3)14-9/h5H,4,10H2,1-3H3,(H,12,13). The molecule has 0 aliphatic rings. The van der Waals surface area contributed by atoms with Crippen molar-refractivity contribution in [2.45, 2.75) is 33.2 Å². The quantitative estimate of drug-likeness (QED) is 0.798. The second-order valence-corrected chi connectivity index (χ2v) is 4.58. The zero-order chi connectivity index (χ0) is 10.7. The molecule has 5 heteroatoms. The van der Waals surface area contributed by atoms with E-state index in [1.807, 2.05) is 20.8 Å². The topological polar surface area (TPSA) is 68.0 Å². The number of hydrogen-bond donors (Lipinski definition) is 2. The number of hydrogen-bond acceptors (Lipinski definition) is 4. The van der Waals surface area contributed by atoms with Crippen molar-refractivity contribution in [1.82, 2.24) is 4.98 Å². The third kappa shape index (κ3) is 3.08. The molecule has 1 heterocycles. The van der Waals surface area contributed by atoms with Crippen molar-refractivity contribution in [1.29, 1.82) is 0 Å². The molecule has 1 aromatic rings. The highest BCUT2D eigenvalue weighted by atomic mass is 32.1. The summed E-state index contributed by atoms with van der Waals surface area (Å²) in [5.41, 5.74) is 6.38. The van der Waals surface area contributed by atoms with Crippen LogP contribution < -0.4 is 11.1 Å². The Labute approximate surface area is 87.5 Å². The molecule has 0 saturated heterocycles. The van der Waals surface area contributed by atoms with Crippen molar-refractivity contribution in [3.63, 3.8) is 0 Å². The molecule has 1 atom stereocenters. The van der Waals surface area contributed by atoms with E-state index < -0.39 is 0 Å². The molecular weight excluding hydrogens is 198 g/mol. The molecular formula is C9H15N3OS. The summed E-state index contributed by atoms with van der Waals surface area (Å²) in [5.74, 6) is -0.0493. The minimum atomic E-state index is -0.107. The molecule has 3 N–H and O–H groups in total. The third-order valence-corrected chi connectivity index (χ3v) is 2.65. The number of nitrogens with two attached hydrogens (primary N) is 1. The lowest BCUT2D eigenvalue weighted by molar-refractivity contribution is -0.116. The Kier molecular flexibility index (Phi) is 3.60. The molecule has 0 aromatic carbocycles. The van der Waals surface area contributed by atoms with Gasteiger partial charge in [-0.25, -0.2) is 4.98 Å². The first-order valence-electron chi connectivity index (χ1n) is 4.48. The summed E-state index contributed by atoms with van der Waals surface area (Å²) in [4.78, 5) is 15.6. The fraction of sp³-hybridized carbons (Fsp3) is 0.556. The third-order valence-electron chi connectivity index (χ3n) is 1.66. The molecule has 4 nitrogen and oxygen atoms in total. The van der Waals surface area contributed by atoms with Crippen LogP contribution >= 0.6 is 11.3 Å². The van der Waals surface area contributed by atoms with E-state index in [2.05, 4.69) is 10.3 Å². The van der Waals surface area contributed by atoms with Crippen molar-refractivity contribution < 1.29 is 4.79 Å². The predicted octanol–water partition coefficient (Wildman–Crippen LogP) is 1.44. The number of carbonyl (C=O) groups is 1. The van der Waals surface area contributed by atoms with Crippen LogP contribution in [0.5, 0.6) is 0 Å². The van der Waals surface area contributed by atoms with Crippen molar-refractivity contribution in [2.75, 3.05) is 5.32 Å². The molecule has 0 radical (unpaired) electrons. The van der Waals surface area contributed by atoms with Crippen LogP contribution in [0.3, 0.4) is 0 Å². The van der Waals surface area contributed by atoms with Crippen LogP contribution in [0.4, 0.5) is 5.00 Å². The van der Waals surface area contributed by atoms with E-state index >= 15 is 0 Å². The second-order valence-electron chi connectivity index (χ2n) is 3.38. The Hall–Kier alpha value is -0.940. The zero-order valence-electron chi connectivity index (χ0n) is 8.63. The Balaban J connectivity index is 2.60. The van der Waals surface area contributed by atoms with Gasteiger partial charge in [0.1, 0.15) is 5.00 Å². The molecule has 0 bridgehead atoms. The number of carbonyl (C=O) groups excluding carboxylic acids is 1. The summed E-state index contributed by atoms with van der Waals surface area (Å²) < 4.78 is 0. The van der Waals surface area contributed by atoms with Gasteiger partial charge in [-0.15, -0.1) is 11.3 Å². The highest BCUT2D eigenvalue weighted by Crippen LogP contribution is 2.23. The molecule has 0 spiro atoms. The molecule has 0 fully saturated rings. The molecule has 78 valence electrons. The van der Waals surface area contributed by atoms with Gasteiger partial charge in [-0.3, -0.25) is 4.79 Å². The number of aryl methyl sites for hydroxylation is 2. The van der Waals surface area contributed by atoms with Gasteiger partial charge < -0.3 is 11.1 Å². The molecule has 1 unspecified atom stereocenters. The minimum Gasteiger partial charge on any atom is -0.327 e. The van der Waals surface area contributed by atoms with Crippen LogP contribution in [-0.2, 0) is 4.79 Å². The predicted molar refractivity (Wildman–Crippen MR) is 58.5 cm³/mol. The van der Waals surface area contributed by atoms with Crippen LogP contribution in [0.1, 0.15) is 24.0 Å². The maximum absolute atomic E-state index is 11.4. The summed E-state index contributed by atoms with van der Waals surface area (Å²) in [5, 5.41) is 4.58. The number of nitrogens with zero attached hydrogens (tertiary/aromatic N) is 1. The fourth-order valence-corrected chi connectivity index (χ4v) is 1.95. The first kappa shape index (κ1) is 11.1. The first-order valence-corrected chi connectivity index (χ1v) is 5.30. The minimum absolute atomic E-state index is 0.0493. The Morgan fingerprint density at radius 1 is 1.64 bits per heavy atom. The number of thiazole rings is 1. The van der Waals surface area contributed by atoms with Crippen molar-refractivity contribution in [2.24, 2.45) is 5.73 Å². The summed E-state index contributed by atoms with van der Waals surface area (Å²) in [6.07, 6.45) is 0.344. The maximum atomic E-state index is 11.4. The number of anilines is 1. The van der Waals surface area contributed by atoms with E-state index in [1.54, 1.807) is 0 Å². The number of amides is 1. The second kappa shape index (κ2) is 4.52. The maximum Gasteiger partial charge on any atom is 0.226 e. The highest BCUT2D eigenvalue weighted by molar-refractivity contribution is 7.16. The lowest BCUT2D eigenvalue weighted by atomic mass is 10.2. The van der Waals surface area contributed by atoms with Crippen LogP contribution in [0.25, 0.3) is 0 Å². The number of aromatic nitrogens is 1. The van der Waals surface area contributed by atoms with Crippen molar-refractivity contribution in [3.8, 4) is 0 Å². The molecule has 0 aliphatic heterocycles. The van der Waals surface area contributed by atoms with Gasteiger partial charge in [-0.05, 0) is 20.8 Å². The van der Waals surface area contributed by atoms with E-state index in [0.29, 0.717) is 6.42 Å². The van der Waals surface area contributed by atoms with E-state index in [0.717, 1.165) is 15.7 Å².